The Morgan fingerprint density at radius 1 is 1.00 bits per heavy atom. The SMILES string of the molecule is O=C1c2ccccc2CC[C@@H]1[C@]1(O)C(=O)N(Cc2ccccc2Cl)c2ccc(Cl)cc21. The molecular formula is C25H19Cl2NO3. The van der Waals surface area contributed by atoms with Crippen molar-refractivity contribution >= 4 is 40.6 Å². The molecular weight excluding hydrogens is 433 g/mol. The quantitative estimate of drug-likeness (QED) is 0.597. The normalized spacial score (nSPS) is 22.4. The Labute approximate surface area is 190 Å². The van der Waals surface area contributed by atoms with E-state index in [2.05, 4.69) is 0 Å². The Kier molecular flexibility index (Phi) is 4.89. The summed E-state index contributed by atoms with van der Waals surface area (Å²) in [6.45, 7) is 0.187. The number of rotatable bonds is 3. The molecule has 6 heteroatoms. The minimum atomic E-state index is -1.98. The third-order valence-electron chi connectivity index (χ3n) is 6.32. The van der Waals surface area contributed by atoms with E-state index >= 15 is 0 Å². The number of carbonyl (C=O) groups excluding carboxylic acids is 2. The van der Waals surface area contributed by atoms with Gasteiger partial charge in [-0.25, -0.2) is 0 Å². The number of fused-ring (bicyclic) bond motifs is 2. The maximum absolute atomic E-state index is 13.7. The Hall–Kier alpha value is -2.66. The number of nitrogens with zero attached hydrogens (tertiary/aromatic N) is 1. The predicted octanol–water partition coefficient (Wildman–Crippen LogP) is 5.17. The molecule has 1 aliphatic carbocycles. The number of aryl methyl sites for hydroxylation is 1. The molecule has 5 rings (SSSR count). The van der Waals surface area contributed by atoms with E-state index in [4.69, 9.17) is 23.2 Å². The number of hydrogen-bond donors (Lipinski definition) is 1. The molecule has 3 aromatic rings. The van der Waals surface area contributed by atoms with E-state index in [0.717, 1.165) is 11.1 Å². The third kappa shape index (κ3) is 3.09. The molecule has 2 aliphatic rings. The molecule has 0 spiro atoms. The zero-order valence-electron chi connectivity index (χ0n) is 16.5. The van der Waals surface area contributed by atoms with E-state index in [1.165, 1.54) is 4.90 Å². The van der Waals surface area contributed by atoms with Crippen LogP contribution in [0.15, 0.2) is 66.7 Å². The number of anilines is 1. The van der Waals surface area contributed by atoms with Crippen LogP contribution in [0.3, 0.4) is 0 Å². The van der Waals surface area contributed by atoms with Crippen LogP contribution in [0.2, 0.25) is 10.0 Å². The van der Waals surface area contributed by atoms with Crippen LogP contribution in [0.25, 0.3) is 0 Å². The average molecular weight is 452 g/mol. The van der Waals surface area contributed by atoms with E-state index in [0.29, 0.717) is 39.7 Å². The average Bonchev–Trinajstić information content (AvgIpc) is 2.98. The summed E-state index contributed by atoms with van der Waals surface area (Å²) < 4.78 is 0. The molecule has 0 saturated carbocycles. The summed E-state index contributed by atoms with van der Waals surface area (Å²) in [4.78, 5) is 28.6. The smallest absolute Gasteiger partial charge is 0.264 e. The van der Waals surface area contributed by atoms with Gasteiger partial charge in [0.15, 0.2) is 11.4 Å². The minimum Gasteiger partial charge on any atom is -0.375 e. The topological polar surface area (TPSA) is 57.6 Å². The van der Waals surface area contributed by atoms with Crippen molar-refractivity contribution in [2.75, 3.05) is 4.90 Å². The van der Waals surface area contributed by atoms with Crippen LogP contribution in [0.4, 0.5) is 5.69 Å². The van der Waals surface area contributed by atoms with Gasteiger partial charge in [0.25, 0.3) is 5.91 Å². The maximum Gasteiger partial charge on any atom is 0.264 e. The van der Waals surface area contributed by atoms with Crippen molar-refractivity contribution in [2.24, 2.45) is 5.92 Å². The number of carbonyl (C=O) groups is 2. The van der Waals surface area contributed by atoms with Gasteiger partial charge in [0.2, 0.25) is 0 Å². The second-order valence-electron chi connectivity index (χ2n) is 8.02. The number of amides is 1. The van der Waals surface area contributed by atoms with Gasteiger partial charge in [-0.1, -0.05) is 65.7 Å². The molecule has 0 radical (unpaired) electrons. The zero-order chi connectivity index (χ0) is 21.8. The molecule has 31 heavy (non-hydrogen) atoms. The van der Waals surface area contributed by atoms with Crippen molar-refractivity contribution in [3.05, 3.63) is 99.0 Å². The van der Waals surface area contributed by atoms with Crippen LogP contribution < -0.4 is 4.90 Å². The van der Waals surface area contributed by atoms with E-state index in [1.807, 2.05) is 30.3 Å². The van der Waals surface area contributed by atoms with Gasteiger partial charge >= 0.3 is 0 Å². The highest BCUT2D eigenvalue weighted by Gasteiger charge is 2.57. The number of halogens is 2. The lowest BCUT2D eigenvalue weighted by Gasteiger charge is -2.34. The Balaban J connectivity index is 1.61. The van der Waals surface area contributed by atoms with Crippen molar-refractivity contribution in [1.82, 2.24) is 0 Å². The Morgan fingerprint density at radius 2 is 1.74 bits per heavy atom. The second-order valence-corrected chi connectivity index (χ2v) is 8.87. The molecule has 1 N–H and O–H groups in total. The van der Waals surface area contributed by atoms with Crippen LogP contribution in [-0.4, -0.2) is 16.8 Å². The lowest BCUT2D eigenvalue weighted by molar-refractivity contribution is -0.140. The van der Waals surface area contributed by atoms with Crippen LogP contribution >= 0.6 is 23.2 Å². The highest BCUT2D eigenvalue weighted by atomic mass is 35.5. The van der Waals surface area contributed by atoms with Gasteiger partial charge in [-0.05, 0) is 48.2 Å². The molecule has 2 atom stereocenters. The molecule has 4 nitrogen and oxygen atoms in total. The lowest BCUT2D eigenvalue weighted by atomic mass is 9.71. The van der Waals surface area contributed by atoms with Gasteiger partial charge in [0.1, 0.15) is 0 Å². The summed E-state index contributed by atoms with van der Waals surface area (Å²) in [5.41, 5.74) is 1.19. The molecule has 1 amide bonds. The molecule has 0 fully saturated rings. The highest BCUT2D eigenvalue weighted by molar-refractivity contribution is 6.31. The fourth-order valence-corrected chi connectivity index (χ4v) is 5.13. The summed E-state index contributed by atoms with van der Waals surface area (Å²) in [5, 5.41) is 12.8. The number of benzene rings is 3. The van der Waals surface area contributed by atoms with E-state index in [-0.39, 0.29) is 12.3 Å². The van der Waals surface area contributed by atoms with Crippen molar-refractivity contribution in [3.63, 3.8) is 0 Å². The first-order chi connectivity index (χ1) is 14.9. The van der Waals surface area contributed by atoms with E-state index in [9.17, 15) is 14.7 Å². The van der Waals surface area contributed by atoms with Crippen LogP contribution in [-0.2, 0) is 23.4 Å². The standard InChI is InChI=1S/C25H19Cl2NO3/c26-17-10-12-22-20(13-17)25(31,19-11-9-15-5-1-3-7-18(15)23(19)29)24(30)28(22)14-16-6-2-4-8-21(16)27/h1-8,10,12-13,19,31H,9,11,14H2/t19-,25+/m0/s1. The van der Waals surface area contributed by atoms with Crippen molar-refractivity contribution < 1.29 is 14.7 Å². The second kappa shape index (κ2) is 7.49. The summed E-state index contributed by atoms with van der Waals surface area (Å²) in [6.07, 6.45) is 0.993. The fraction of sp³-hybridized carbons (Fsp3) is 0.200. The maximum atomic E-state index is 13.7. The first-order valence-electron chi connectivity index (χ1n) is 10.1. The van der Waals surface area contributed by atoms with Gasteiger partial charge in [0, 0.05) is 21.2 Å². The molecule has 3 aromatic carbocycles. The van der Waals surface area contributed by atoms with Crippen LogP contribution in [0, 0.1) is 5.92 Å². The van der Waals surface area contributed by atoms with Crippen molar-refractivity contribution in [2.45, 2.75) is 25.0 Å². The highest BCUT2D eigenvalue weighted by Crippen LogP contribution is 2.49. The summed E-state index contributed by atoms with van der Waals surface area (Å²) in [5.74, 6) is -1.63. The van der Waals surface area contributed by atoms with Crippen molar-refractivity contribution in [1.29, 1.82) is 0 Å². The first kappa shape index (κ1) is 20.3. The fourth-order valence-electron chi connectivity index (χ4n) is 4.77. The molecule has 1 heterocycles. The molecule has 0 bridgehead atoms. The first-order valence-corrected chi connectivity index (χ1v) is 10.9. The molecule has 1 aliphatic heterocycles. The predicted molar refractivity (Wildman–Crippen MR) is 121 cm³/mol. The summed E-state index contributed by atoms with van der Waals surface area (Å²) in [6, 6.07) is 19.6. The zero-order valence-corrected chi connectivity index (χ0v) is 18.0. The largest absolute Gasteiger partial charge is 0.375 e. The number of ketones is 1. The van der Waals surface area contributed by atoms with Crippen molar-refractivity contribution in [3.8, 4) is 0 Å². The van der Waals surface area contributed by atoms with Gasteiger partial charge in [-0.15, -0.1) is 0 Å². The van der Waals surface area contributed by atoms with Gasteiger partial charge in [0.05, 0.1) is 18.2 Å². The van der Waals surface area contributed by atoms with Gasteiger partial charge in [-0.3, -0.25) is 9.59 Å². The monoisotopic (exact) mass is 451 g/mol. The van der Waals surface area contributed by atoms with E-state index < -0.39 is 17.4 Å². The van der Waals surface area contributed by atoms with Crippen LogP contribution in [0.1, 0.15) is 33.5 Å². The summed E-state index contributed by atoms with van der Waals surface area (Å²) in [7, 11) is 0. The number of aliphatic hydroxyl groups is 1. The van der Waals surface area contributed by atoms with E-state index in [1.54, 1.807) is 36.4 Å². The lowest BCUT2D eigenvalue weighted by Crippen LogP contribution is -2.49. The Bertz CT molecular complexity index is 1220. The third-order valence-corrected chi connectivity index (χ3v) is 6.93. The van der Waals surface area contributed by atoms with Crippen LogP contribution in [0.5, 0.6) is 0 Å². The Morgan fingerprint density at radius 3 is 2.55 bits per heavy atom. The molecule has 0 unspecified atom stereocenters. The number of Topliss-reactive ketones (excluding diaryl/α,β-unsaturated/α-hetero) is 1. The molecule has 0 aromatic heterocycles. The molecule has 156 valence electrons. The summed E-state index contributed by atoms with van der Waals surface area (Å²) >= 11 is 12.6. The molecule has 0 saturated heterocycles. The number of hydrogen-bond acceptors (Lipinski definition) is 3. The minimum absolute atomic E-state index is 0.187. The van der Waals surface area contributed by atoms with Gasteiger partial charge < -0.3 is 10.0 Å². The van der Waals surface area contributed by atoms with Gasteiger partial charge in [-0.2, -0.15) is 0 Å².